The first kappa shape index (κ1) is 11.4. The molecule has 0 saturated heterocycles. The summed E-state index contributed by atoms with van der Waals surface area (Å²) in [6, 6.07) is 0.923. The maximum atomic E-state index is 13.2. The minimum Gasteiger partial charge on any atom is -0.423 e. The van der Waals surface area contributed by atoms with Crippen molar-refractivity contribution < 1.29 is 19.0 Å². The molecule has 0 spiro atoms. The van der Waals surface area contributed by atoms with Gasteiger partial charge in [0, 0.05) is 11.7 Å². The standard InChI is InChI=1S/C7H10BFNO3P/c1-14(2,13)7-6(9)3-5(4-10-7)8(11)12/h3-4,11-12H,1-2H3. The van der Waals surface area contributed by atoms with Crippen LogP contribution >= 0.6 is 7.14 Å². The number of pyridine rings is 1. The van der Waals surface area contributed by atoms with E-state index in [4.69, 9.17) is 10.0 Å². The lowest BCUT2D eigenvalue weighted by molar-refractivity contribution is 0.425. The third kappa shape index (κ3) is 2.41. The van der Waals surface area contributed by atoms with Crippen LogP contribution in [-0.2, 0) is 4.57 Å². The highest BCUT2D eigenvalue weighted by Crippen LogP contribution is 2.33. The number of hydrogen-bond donors (Lipinski definition) is 2. The summed E-state index contributed by atoms with van der Waals surface area (Å²) in [7, 11) is -4.52. The van der Waals surface area contributed by atoms with Crippen LogP contribution in [-0.4, -0.2) is 35.5 Å². The second-order valence-electron chi connectivity index (χ2n) is 3.30. The zero-order valence-corrected chi connectivity index (χ0v) is 8.70. The molecule has 2 N–H and O–H groups in total. The van der Waals surface area contributed by atoms with E-state index < -0.39 is 20.1 Å². The molecule has 1 rings (SSSR count). The molecule has 0 aliphatic rings. The fourth-order valence-electron chi connectivity index (χ4n) is 0.983. The average Bonchev–Trinajstić information content (AvgIpc) is 2.01. The van der Waals surface area contributed by atoms with Gasteiger partial charge in [-0.3, -0.25) is 4.98 Å². The molecule has 0 aromatic carbocycles. The fraction of sp³-hybridized carbons (Fsp3) is 0.286. The fourth-order valence-corrected chi connectivity index (χ4v) is 1.90. The van der Waals surface area contributed by atoms with E-state index in [1.807, 2.05) is 0 Å². The summed E-state index contributed by atoms with van der Waals surface area (Å²) < 4.78 is 24.7. The van der Waals surface area contributed by atoms with E-state index in [1.165, 1.54) is 13.3 Å². The molecule has 1 aromatic rings. The van der Waals surface area contributed by atoms with Crippen LogP contribution in [0.5, 0.6) is 0 Å². The zero-order chi connectivity index (χ0) is 10.9. The summed E-state index contributed by atoms with van der Waals surface area (Å²) >= 11 is 0. The van der Waals surface area contributed by atoms with Crippen LogP contribution in [0.25, 0.3) is 0 Å². The van der Waals surface area contributed by atoms with Gasteiger partial charge >= 0.3 is 7.12 Å². The second-order valence-corrected chi connectivity index (χ2v) is 6.42. The number of nitrogens with zero attached hydrogens (tertiary/aromatic N) is 1. The average molecular weight is 217 g/mol. The summed E-state index contributed by atoms with van der Waals surface area (Å²) in [6.45, 7) is 2.79. The molecule has 0 radical (unpaired) electrons. The third-order valence-electron chi connectivity index (χ3n) is 1.65. The van der Waals surface area contributed by atoms with Gasteiger partial charge in [0.05, 0.1) is 0 Å². The van der Waals surface area contributed by atoms with Gasteiger partial charge in [0.2, 0.25) is 0 Å². The van der Waals surface area contributed by atoms with Crippen molar-refractivity contribution >= 4 is 25.2 Å². The zero-order valence-electron chi connectivity index (χ0n) is 7.81. The van der Waals surface area contributed by atoms with E-state index in [2.05, 4.69) is 4.98 Å². The van der Waals surface area contributed by atoms with E-state index >= 15 is 0 Å². The van der Waals surface area contributed by atoms with E-state index in [9.17, 15) is 8.96 Å². The van der Waals surface area contributed by atoms with Crippen molar-refractivity contribution in [3.05, 3.63) is 18.1 Å². The Kier molecular flexibility index (Phi) is 3.09. The number of hydrogen-bond acceptors (Lipinski definition) is 4. The molecule has 0 bridgehead atoms. The summed E-state index contributed by atoms with van der Waals surface area (Å²) in [6.07, 6.45) is 1.10. The SMILES string of the molecule is CP(C)(=O)c1ncc(B(O)O)cc1F. The van der Waals surface area contributed by atoms with Crippen molar-refractivity contribution in [1.82, 2.24) is 4.98 Å². The summed E-state index contributed by atoms with van der Waals surface area (Å²) in [5, 5.41) is 17.4. The number of rotatable bonds is 2. The molecule has 0 aliphatic heterocycles. The molecule has 1 heterocycles. The molecule has 0 amide bonds. The molecule has 7 heteroatoms. The Morgan fingerprint density at radius 2 is 2.07 bits per heavy atom. The minimum absolute atomic E-state index is 0.0558. The van der Waals surface area contributed by atoms with Crippen molar-refractivity contribution in [1.29, 1.82) is 0 Å². The van der Waals surface area contributed by atoms with Crippen molar-refractivity contribution in [2.75, 3.05) is 13.3 Å². The monoisotopic (exact) mass is 217 g/mol. The Morgan fingerprint density at radius 3 is 2.43 bits per heavy atom. The van der Waals surface area contributed by atoms with E-state index in [0.717, 1.165) is 12.3 Å². The van der Waals surface area contributed by atoms with E-state index in [0.29, 0.717) is 0 Å². The van der Waals surface area contributed by atoms with Gasteiger partial charge in [0.1, 0.15) is 12.6 Å². The highest BCUT2D eigenvalue weighted by atomic mass is 31.2. The topological polar surface area (TPSA) is 70.4 Å². The van der Waals surface area contributed by atoms with Crippen LogP contribution in [0, 0.1) is 5.82 Å². The van der Waals surface area contributed by atoms with Crippen LogP contribution in [0.3, 0.4) is 0 Å². The summed E-state index contributed by atoms with van der Waals surface area (Å²) in [5.74, 6) is -0.774. The smallest absolute Gasteiger partial charge is 0.423 e. The molecule has 1 aromatic heterocycles. The van der Waals surface area contributed by atoms with Gasteiger partial charge < -0.3 is 14.6 Å². The quantitative estimate of drug-likeness (QED) is 0.499. The Labute approximate surface area is 81.3 Å². The normalized spacial score (nSPS) is 11.5. The molecule has 0 fully saturated rings. The first-order valence-electron chi connectivity index (χ1n) is 3.89. The van der Waals surface area contributed by atoms with Gasteiger partial charge in [-0.1, -0.05) is 0 Å². The maximum Gasteiger partial charge on any atom is 0.490 e. The number of aromatic nitrogens is 1. The Hall–Kier alpha value is -0.705. The third-order valence-corrected chi connectivity index (χ3v) is 3.00. The van der Waals surface area contributed by atoms with Crippen molar-refractivity contribution in [3.8, 4) is 0 Å². The van der Waals surface area contributed by atoms with Crippen LogP contribution in [0.2, 0.25) is 0 Å². The maximum absolute atomic E-state index is 13.2. The van der Waals surface area contributed by atoms with E-state index in [-0.39, 0.29) is 10.9 Å². The van der Waals surface area contributed by atoms with Gasteiger partial charge in [-0.25, -0.2) is 4.39 Å². The van der Waals surface area contributed by atoms with E-state index in [1.54, 1.807) is 0 Å². The Bertz CT molecular complexity index is 393. The van der Waals surface area contributed by atoms with Crippen LogP contribution < -0.4 is 10.9 Å². The lowest BCUT2D eigenvalue weighted by Gasteiger charge is -2.08. The van der Waals surface area contributed by atoms with Crippen LogP contribution in [0.4, 0.5) is 4.39 Å². The highest BCUT2D eigenvalue weighted by Gasteiger charge is 2.21. The lowest BCUT2D eigenvalue weighted by Crippen LogP contribution is -2.33. The van der Waals surface area contributed by atoms with Crippen LogP contribution in [0.1, 0.15) is 0 Å². The summed E-state index contributed by atoms with van der Waals surface area (Å²) in [5.41, 5.74) is -0.179. The van der Waals surface area contributed by atoms with Gasteiger partial charge in [-0.15, -0.1) is 0 Å². The lowest BCUT2D eigenvalue weighted by atomic mass is 9.82. The molecular weight excluding hydrogens is 207 g/mol. The molecule has 76 valence electrons. The van der Waals surface area contributed by atoms with Crippen molar-refractivity contribution in [2.24, 2.45) is 0 Å². The Balaban J connectivity index is 3.21. The first-order valence-corrected chi connectivity index (χ1v) is 6.49. The largest absolute Gasteiger partial charge is 0.490 e. The second kappa shape index (κ2) is 3.81. The first-order chi connectivity index (χ1) is 6.32. The predicted molar refractivity (Wildman–Crippen MR) is 53.1 cm³/mol. The van der Waals surface area contributed by atoms with Crippen molar-refractivity contribution in [3.63, 3.8) is 0 Å². The van der Waals surface area contributed by atoms with Crippen LogP contribution in [0.15, 0.2) is 12.3 Å². The molecule has 4 nitrogen and oxygen atoms in total. The molecule has 0 atom stereocenters. The molecule has 0 unspecified atom stereocenters. The minimum atomic E-state index is -2.76. The Morgan fingerprint density at radius 1 is 1.50 bits per heavy atom. The van der Waals surface area contributed by atoms with Gasteiger partial charge in [0.25, 0.3) is 0 Å². The summed E-state index contributed by atoms with van der Waals surface area (Å²) in [4.78, 5) is 3.61. The van der Waals surface area contributed by atoms with Crippen molar-refractivity contribution in [2.45, 2.75) is 0 Å². The molecular formula is C7H10BFNO3P. The molecule has 0 saturated carbocycles. The van der Waals surface area contributed by atoms with Gasteiger partial charge in [0.15, 0.2) is 5.82 Å². The predicted octanol–water partition coefficient (Wildman–Crippen LogP) is -0.852. The molecule has 14 heavy (non-hydrogen) atoms. The molecule has 0 aliphatic carbocycles. The number of halogens is 1. The highest BCUT2D eigenvalue weighted by molar-refractivity contribution is 7.69. The van der Waals surface area contributed by atoms with Gasteiger partial charge in [-0.2, -0.15) is 0 Å². The van der Waals surface area contributed by atoms with Gasteiger partial charge in [-0.05, 0) is 19.4 Å².